The van der Waals surface area contributed by atoms with Crippen molar-refractivity contribution in [3.05, 3.63) is 12.2 Å². The number of hydrogen-bond acceptors (Lipinski definition) is 2. The van der Waals surface area contributed by atoms with Crippen molar-refractivity contribution in [2.75, 3.05) is 19.8 Å². The van der Waals surface area contributed by atoms with Gasteiger partial charge in [-0.1, -0.05) is 12.2 Å². The molecule has 0 aromatic rings. The molecular weight excluding hydrogens is 182 g/mol. The molecule has 0 spiro atoms. The molecule has 0 bridgehead atoms. The number of hydrogen-bond donors (Lipinski definition) is 3. The van der Waals surface area contributed by atoms with Gasteiger partial charge < -0.3 is 21.9 Å². The summed E-state index contributed by atoms with van der Waals surface area (Å²) >= 11 is 0. The van der Waals surface area contributed by atoms with E-state index in [1.54, 1.807) is 0 Å². The Morgan fingerprint density at radius 1 is 1.36 bits per heavy atom. The molecule has 0 unspecified atom stereocenters. The van der Waals surface area contributed by atoms with Gasteiger partial charge in [0.25, 0.3) is 0 Å². The molecule has 0 amide bonds. The van der Waals surface area contributed by atoms with E-state index in [4.69, 9.17) is 21.9 Å². The summed E-state index contributed by atoms with van der Waals surface area (Å²) < 4.78 is 5.18. The lowest BCUT2D eigenvalue weighted by molar-refractivity contribution is 0.165. The van der Waals surface area contributed by atoms with Gasteiger partial charge in [0.15, 0.2) is 5.96 Å². The Labute approximate surface area is 83.5 Å². The van der Waals surface area contributed by atoms with Gasteiger partial charge in [0.05, 0.1) is 19.8 Å². The zero-order chi connectivity index (χ0) is 11.0. The van der Waals surface area contributed by atoms with Crippen LogP contribution in [0.1, 0.15) is 6.92 Å². The molecule has 6 N–H and O–H groups in total. The number of guanidine groups is 2. The van der Waals surface area contributed by atoms with E-state index in [0.29, 0.717) is 19.8 Å². The first kappa shape index (κ1) is 12.4. The largest absolute Gasteiger partial charge is 0.375 e. The predicted octanol–water partition coefficient (Wildman–Crippen LogP) is -0.833. The highest BCUT2D eigenvalue weighted by atomic mass is 16.5. The van der Waals surface area contributed by atoms with Crippen LogP contribution in [-0.2, 0) is 4.74 Å². The van der Waals surface area contributed by atoms with Crippen molar-refractivity contribution in [1.29, 1.82) is 0 Å². The lowest BCUT2D eigenvalue weighted by Gasteiger charge is -2.00. The van der Waals surface area contributed by atoms with E-state index in [1.807, 2.05) is 6.92 Å². The van der Waals surface area contributed by atoms with Gasteiger partial charge in [0.1, 0.15) is 0 Å². The fraction of sp³-hybridized carbons (Fsp3) is 0.500. The molecule has 0 fully saturated rings. The zero-order valence-corrected chi connectivity index (χ0v) is 8.36. The van der Waals surface area contributed by atoms with Gasteiger partial charge in [-0.15, -0.1) is 0 Å². The summed E-state index contributed by atoms with van der Waals surface area (Å²) in [5.41, 5.74) is 16.5. The molecule has 0 saturated heterocycles. The van der Waals surface area contributed by atoms with Crippen LogP contribution in [-0.4, -0.2) is 31.7 Å². The number of nitrogens with two attached hydrogens (primary N) is 3. The fourth-order valence-electron chi connectivity index (χ4n) is 0.639. The van der Waals surface area contributed by atoms with Gasteiger partial charge in [-0.05, 0) is 6.92 Å². The fourth-order valence-corrected chi connectivity index (χ4v) is 0.639. The molecule has 0 saturated carbocycles. The second-order valence-corrected chi connectivity index (χ2v) is 2.79. The van der Waals surface area contributed by atoms with Gasteiger partial charge in [-0.3, -0.25) is 0 Å². The van der Waals surface area contributed by atoms with Crippen LogP contribution >= 0.6 is 0 Å². The summed E-state index contributed by atoms with van der Waals surface area (Å²) in [4.78, 5) is 7.39. The van der Waals surface area contributed by atoms with Crippen LogP contribution < -0.4 is 17.2 Å². The van der Waals surface area contributed by atoms with Crippen molar-refractivity contribution < 1.29 is 4.74 Å². The van der Waals surface area contributed by atoms with Gasteiger partial charge in [-0.25, -0.2) is 4.99 Å². The minimum atomic E-state index is -0.103. The average molecular weight is 199 g/mol. The number of ether oxygens (including phenoxy) is 1. The zero-order valence-electron chi connectivity index (χ0n) is 8.36. The van der Waals surface area contributed by atoms with E-state index in [1.165, 1.54) is 0 Å². The summed E-state index contributed by atoms with van der Waals surface area (Å²) in [5.74, 6) is -0.0435. The standard InChI is InChI=1S/C8H17N5O/c1-6(2)5-14-4-3-12-8(11)13-7(9)10/h1,3-5H2,2H3,(H6,9,10,11,12,13). The molecule has 0 aliphatic heterocycles. The predicted molar refractivity (Wildman–Crippen MR) is 57.9 cm³/mol. The minimum absolute atomic E-state index is 0.0592. The van der Waals surface area contributed by atoms with Crippen LogP contribution in [0.3, 0.4) is 0 Å². The highest BCUT2D eigenvalue weighted by Gasteiger charge is 1.90. The molecular formula is C8H17N5O. The molecule has 0 aromatic heterocycles. The maximum absolute atomic E-state index is 5.35. The van der Waals surface area contributed by atoms with Crippen LogP contribution in [0.5, 0.6) is 0 Å². The summed E-state index contributed by atoms with van der Waals surface area (Å²) in [5, 5.41) is 0. The minimum Gasteiger partial charge on any atom is -0.375 e. The third kappa shape index (κ3) is 8.54. The molecule has 0 aliphatic rings. The molecule has 80 valence electrons. The van der Waals surface area contributed by atoms with Gasteiger partial charge in [0, 0.05) is 0 Å². The average Bonchev–Trinajstić information content (AvgIpc) is 2.01. The van der Waals surface area contributed by atoms with Gasteiger partial charge in [0.2, 0.25) is 5.96 Å². The van der Waals surface area contributed by atoms with Crippen LogP contribution in [0.15, 0.2) is 22.1 Å². The molecule has 0 aliphatic carbocycles. The van der Waals surface area contributed by atoms with Crippen LogP contribution in [0, 0.1) is 0 Å². The summed E-state index contributed by atoms with van der Waals surface area (Å²) in [6, 6.07) is 0. The first-order valence-electron chi connectivity index (χ1n) is 4.14. The third-order valence-corrected chi connectivity index (χ3v) is 1.10. The van der Waals surface area contributed by atoms with Crippen molar-refractivity contribution in [1.82, 2.24) is 0 Å². The van der Waals surface area contributed by atoms with E-state index >= 15 is 0 Å². The highest BCUT2D eigenvalue weighted by Crippen LogP contribution is 1.87. The first-order valence-corrected chi connectivity index (χ1v) is 4.14. The van der Waals surface area contributed by atoms with Gasteiger partial charge in [-0.2, -0.15) is 4.99 Å². The van der Waals surface area contributed by atoms with Crippen LogP contribution in [0.25, 0.3) is 0 Å². The molecule has 0 aromatic carbocycles. The molecule has 6 nitrogen and oxygen atoms in total. The summed E-state index contributed by atoms with van der Waals surface area (Å²) in [6.45, 7) is 6.99. The Kier molecular flexibility index (Phi) is 6.13. The highest BCUT2D eigenvalue weighted by molar-refractivity contribution is 5.92. The van der Waals surface area contributed by atoms with Gasteiger partial charge >= 0.3 is 0 Å². The lowest BCUT2D eigenvalue weighted by Crippen LogP contribution is -2.26. The van der Waals surface area contributed by atoms with E-state index < -0.39 is 0 Å². The second-order valence-electron chi connectivity index (χ2n) is 2.79. The summed E-state index contributed by atoms with van der Waals surface area (Å²) in [6.07, 6.45) is 0. The Bertz CT molecular complexity index is 242. The SMILES string of the molecule is C=C(C)COCCN=C(N)N=C(N)N. The van der Waals surface area contributed by atoms with E-state index in [9.17, 15) is 0 Å². The Hall–Kier alpha value is -1.56. The van der Waals surface area contributed by atoms with Crippen molar-refractivity contribution in [3.63, 3.8) is 0 Å². The number of rotatable bonds is 5. The lowest BCUT2D eigenvalue weighted by atomic mass is 10.4. The maximum atomic E-state index is 5.35. The molecule has 0 radical (unpaired) electrons. The Morgan fingerprint density at radius 3 is 2.50 bits per heavy atom. The van der Waals surface area contributed by atoms with Crippen LogP contribution in [0.2, 0.25) is 0 Å². The second kappa shape index (κ2) is 6.90. The topological polar surface area (TPSA) is 112 Å². The third-order valence-electron chi connectivity index (χ3n) is 1.10. The van der Waals surface area contributed by atoms with Crippen LogP contribution in [0.4, 0.5) is 0 Å². The van der Waals surface area contributed by atoms with Crippen molar-refractivity contribution >= 4 is 11.9 Å². The summed E-state index contributed by atoms with van der Waals surface area (Å²) in [7, 11) is 0. The van der Waals surface area contributed by atoms with E-state index in [-0.39, 0.29) is 11.9 Å². The smallest absolute Gasteiger partial charge is 0.218 e. The quantitative estimate of drug-likeness (QED) is 0.232. The number of nitrogens with zero attached hydrogens (tertiary/aromatic N) is 2. The van der Waals surface area contributed by atoms with Crippen molar-refractivity contribution in [2.45, 2.75) is 6.92 Å². The molecule has 0 atom stereocenters. The first-order chi connectivity index (χ1) is 6.52. The Balaban J connectivity index is 3.61. The molecule has 0 heterocycles. The Morgan fingerprint density at radius 2 is 2.00 bits per heavy atom. The van der Waals surface area contributed by atoms with Crippen molar-refractivity contribution in [2.24, 2.45) is 27.2 Å². The molecule has 14 heavy (non-hydrogen) atoms. The van der Waals surface area contributed by atoms with E-state index in [0.717, 1.165) is 5.57 Å². The monoisotopic (exact) mass is 199 g/mol. The number of aliphatic imine (C=N–C) groups is 2. The van der Waals surface area contributed by atoms with E-state index in [2.05, 4.69) is 16.6 Å². The maximum Gasteiger partial charge on any atom is 0.218 e. The molecule has 6 heteroatoms. The normalized spacial score (nSPS) is 11.1. The molecule has 0 rings (SSSR count). The van der Waals surface area contributed by atoms with Crippen molar-refractivity contribution in [3.8, 4) is 0 Å².